The van der Waals surface area contributed by atoms with Crippen LogP contribution in [0.2, 0.25) is 0 Å². The molecule has 0 unspecified atom stereocenters. The second kappa shape index (κ2) is 9.71. The molecule has 1 aromatic rings. The van der Waals surface area contributed by atoms with Gasteiger partial charge in [-0.3, -0.25) is 4.99 Å². The number of allylic oxidation sites excluding steroid dienone is 3. The van der Waals surface area contributed by atoms with Gasteiger partial charge in [-0.15, -0.1) is 0 Å². The van der Waals surface area contributed by atoms with Crippen LogP contribution in [0, 0.1) is 0 Å². The van der Waals surface area contributed by atoms with Crippen molar-refractivity contribution in [2.75, 3.05) is 6.54 Å². The number of ether oxygens (including phenoxy) is 1. The predicted molar refractivity (Wildman–Crippen MR) is 100 cm³/mol. The Kier molecular flexibility index (Phi) is 7.96. The first-order valence-corrected chi connectivity index (χ1v) is 8.16. The molecular formula is C20H28N2O2. The second-order valence-corrected chi connectivity index (χ2v) is 6.48. The molecule has 0 heterocycles. The maximum Gasteiger partial charge on any atom is 0.407 e. The van der Waals surface area contributed by atoms with E-state index < -0.39 is 11.7 Å². The lowest BCUT2D eigenvalue weighted by molar-refractivity contribution is 0.0536. The van der Waals surface area contributed by atoms with Crippen LogP contribution < -0.4 is 5.32 Å². The van der Waals surface area contributed by atoms with Crippen molar-refractivity contribution < 1.29 is 9.53 Å². The molecule has 1 rings (SSSR count). The lowest BCUT2D eigenvalue weighted by Gasteiger charge is -2.20. The molecule has 24 heavy (non-hydrogen) atoms. The highest BCUT2D eigenvalue weighted by Gasteiger charge is 2.16. The molecule has 0 aromatic heterocycles. The number of alkyl carbamates (subject to hydrolysis) is 1. The van der Waals surface area contributed by atoms with E-state index in [0.29, 0.717) is 13.1 Å². The summed E-state index contributed by atoms with van der Waals surface area (Å²) >= 11 is 0. The lowest BCUT2D eigenvalue weighted by atomic mass is 10.1. The summed E-state index contributed by atoms with van der Waals surface area (Å²) < 4.78 is 5.27. The highest BCUT2D eigenvalue weighted by atomic mass is 16.6. The minimum atomic E-state index is -0.513. The fraction of sp³-hybridized carbons (Fsp3) is 0.400. The van der Waals surface area contributed by atoms with E-state index in [0.717, 1.165) is 16.8 Å². The van der Waals surface area contributed by atoms with Crippen molar-refractivity contribution in [3.63, 3.8) is 0 Å². The molecule has 4 heteroatoms. The van der Waals surface area contributed by atoms with Gasteiger partial charge in [0.1, 0.15) is 5.60 Å². The van der Waals surface area contributed by atoms with E-state index in [1.165, 1.54) is 0 Å². The smallest absolute Gasteiger partial charge is 0.407 e. The topological polar surface area (TPSA) is 50.7 Å². The third-order valence-electron chi connectivity index (χ3n) is 3.09. The highest BCUT2D eigenvalue weighted by molar-refractivity contribution is 6.02. The van der Waals surface area contributed by atoms with Gasteiger partial charge in [-0.2, -0.15) is 0 Å². The first kappa shape index (κ1) is 19.7. The Morgan fingerprint density at radius 1 is 1.25 bits per heavy atom. The molecule has 130 valence electrons. The van der Waals surface area contributed by atoms with Crippen LogP contribution in [0.4, 0.5) is 4.79 Å². The summed E-state index contributed by atoms with van der Waals surface area (Å²) in [7, 11) is 0. The Morgan fingerprint density at radius 3 is 2.50 bits per heavy atom. The Morgan fingerprint density at radius 2 is 1.92 bits per heavy atom. The molecule has 0 radical (unpaired) electrons. The normalized spacial score (nSPS) is 13.2. The van der Waals surface area contributed by atoms with Gasteiger partial charge in [-0.05, 0) is 45.8 Å². The van der Waals surface area contributed by atoms with Crippen LogP contribution in [0.1, 0.15) is 40.2 Å². The molecule has 1 aromatic carbocycles. The molecule has 1 amide bonds. The van der Waals surface area contributed by atoms with Crippen molar-refractivity contribution in [1.82, 2.24) is 5.32 Å². The minimum absolute atomic E-state index is 0.335. The number of nitrogens with zero attached hydrogens (tertiary/aromatic N) is 1. The van der Waals surface area contributed by atoms with Crippen molar-refractivity contribution in [2.45, 2.75) is 46.8 Å². The molecule has 0 aliphatic rings. The van der Waals surface area contributed by atoms with Gasteiger partial charge in [-0.25, -0.2) is 4.79 Å². The molecule has 0 spiro atoms. The minimum Gasteiger partial charge on any atom is -0.444 e. The molecule has 0 saturated heterocycles. The van der Waals surface area contributed by atoms with Gasteiger partial charge in [0.2, 0.25) is 0 Å². The maximum absolute atomic E-state index is 11.9. The van der Waals surface area contributed by atoms with Crippen LogP contribution in [0.3, 0.4) is 0 Å². The Bertz CT molecular complexity index is 608. The van der Waals surface area contributed by atoms with Crippen molar-refractivity contribution in [2.24, 2.45) is 4.99 Å². The van der Waals surface area contributed by atoms with Gasteiger partial charge in [0, 0.05) is 0 Å². The Labute approximate surface area is 145 Å². The van der Waals surface area contributed by atoms with Gasteiger partial charge in [0.15, 0.2) is 0 Å². The summed E-state index contributed by atoms with van der Waals surface area (Å²) in [6.07, 6.45) is 5.47. The largest absolute Gasteiger partial charge is 0.444 e. The number of hydrogen-bond acceptors (Lipinski definition) is 3. The molecule has 0 bridgehead atoms. The maximum atomic E-state index is 11.9. The van der Waals surface area contributed by atoms with E-state index in [9.17, 15) is 4.79 Å². The SMILES string of the molecule is C/C=C\C=C(\C)C(CNC(=O)OC(C)(C)C)=NCc1ccccc1. The van der Waals surface area contributed by atoms with Crippen LogP contribution in [-0.4, -0.2) is 24.0 Å². The standard InChI is InChI=1S/C20H28N2O2/c1-6-7-11-16(2)18(15-22-19(23)24-20(3,4)5)21-14-17-12-9-8-10-13-17/h6-13H,14-15H2,1-5H3,(H,22,23)/b7-6-,16-11-,21-18?. The summed E-state index contributed by atoms with van der Waals surface area (Å²) in [5.74, 6) is 0. The zero-order valence-electron chi connectivity index (χ0n) is 15.3. The van der Waals surface area contributed by atoms with E-state index in [1.54, 1.807) is 0 Å². The third kappa shape index (κ3) is 8.32. The quantitative estimate of drug-likeness (QED) is 0.609. The Balaban J connectivity index is 2.80. The molecule has 0 aliphatic heterocycles. The van der Waals surface area contributed by atoms with Crippen LogP contribution in [0.5, 0.6) is 0 Å². The van der Waals surface area contributed by atoms with E-state index in [4.69, 9.17) is 4.74 Å². The number of carbonyl (C=O) groups excluding carboxylic acids is 1. The summed E-state index contributed by atoms with van der Waals surface area (Å²) in [5, 5.41) is 2.78. The molecule has 0 atom stereocenters. The monoisotopic (exact) mass is 328 g/mol. The van der Waals surface area contributed by atoms with Crippen LogP contribution in [0.15, 0.2) is 59.1 Å². The first-order chi connectivity index (χ1) is 11.3. The van der Waals surface area contributed by atoms with Crippen molar-refractivity contribution in [3.05, 3.63) is 59.7 Å². The van der Waals surface area contributed by atoms with Gasteiger partial charge in [-0.1, -0.05) is 48.6 Å². The van der Waals surface area contributed by atoms with Gasteiger partial charge >= 0.3 is 6.09 Å². The summed E-state index contributed by atoms with van der Waals surface area (Å²) in [6, 6.07) is 10.0. The molecule has 0 aliphatic carbocycles. The average molecular weight is 328 g/mol. The van der Waals surface area contributed by atoms with E-state index in [2.05, 4.69) is 10.3 Å². The van der Waals surface area contributed by atoms with Gasteiger partial charge < -0.3 is 10.1 Å². The second-order valence-electron chi connectivity index (χ2n) is 6.48. The van der Waals surface area contributed by atoms with Crippen molar-refractivity contribution in [1.29, 1.82) is 0 Å². The highest BCUT2D eigenvalue weighted by Crippen LogP contribution is 2.07. The molecule has 0 fully saturated rings. The van der Waals surface area contributed by atoms with E-state index >= 15 is 0 Å². The number of aliphatic imine (C=N–C) groups is 1. The number of hydrogen-bond donors (Lipinski definition) is 1. The van der Waals surface area contributed by atoms with Crippen molar-refractivity contribution >= 4 is 11.8 Å². The van der Waals surface area contributed by atoms with E-state index in [1.807, 2.05) is 83.2 Å². The van der Waals surface area contributed by atoms with Crippen LogP contribution in [-0.2, 0) is 11.3 Å². The van der Waals surface area contributed by atoms with Gasteiger partial charge in [0.25, 0.3) is 0 Å². The van der Waals surface area contributed by atoms with Crippen molar-refractivity contribution in [3.8, 4) is 0 Å². The number of carbonyl (C=O) groups is 1. The summed E-state index contributed by atoms with van der Waals surface area (Å²) in [5.41, 5.74) is 2.47. The summed E-state index contributed by atoms with van der Waals surface area (Å²) in [4.78, 5) is 16.5. The molecule has 1 N–H and O–H groups in total. The van der Waals surface area contributed by atoms with E-state index in [-0.39, 0.29) is 0 Å². The lowest BCUT2D eigenvalue weighted by Crippen LogP contribution is -2.35. The summed E-state index contributed by atoms with van der Waals surface area (Å²) in [6.45, 7) is 10.4. The fourth-order valence-electron chi connectivity index (χ4n) is 1.90. The Hall–Kier alpha value is -2.36. The first-order valence-electron chi connectivity index (χ1n) is 8.16. The number of benzene rings is 1. The fourth-order valence-corrected chi connectivity index (χ4v) is 1.90. The molecular weight excluding hydrogens is 300 g/mol. The molecule has 0 saturated carbocycles. The predicted octanol–water partition coefficient (Wildman–Crippen LogP) is 4.67. The van der Waals surface area contributed by atoms with Crippen LogP contribution in [0.25, 0.3) is 0 Å². The van der Waals surface area contributed by atoms with Crippen LogP contribution >= 0.6 is 0 Å². The zero-order chi connectivity index (χ0) is 18.0. The molecule has 4 nitrogen and oxygen atoms in total. The van der Waals surface area contributed by atoms with Gasteiger partial charge in [0.05, 0.1) is 18.8 Å². The average Bonchev–Trinajstić information content (AvgIpc) is 2.52. The third-order valence-corrected chi connectivity index (χ3v) is 3.09. The number of nitrogens with one attached hydrogen (secondary N) is 1. The number of rotatable bonds is 6. The zero-order valence-corrected chi connectivity index (χ0v) is 15.3. The number of amides is 1.